The lowest BCUT2D eigenvalue weighted by molar-refractivity contribution is 0.0265. The summed E-state index contributed by atoms with van der Waals surface area (Å²) in [5, 5.41) is 10.2. The summed E-state index contributed by atoms with van der Waals surface area (Å²) >= 11 is 0. The minimum Gasteiger partial charge on any atom is -0.441 e. The van der Waals surface area contributed by atoms with E-state index in [0.29, 0.717) is 12.5 Å². The zero-order valence-corrected chi connectivity index (χ0v) is 15.4. The Balaban J connectivity index is 2.08. The van der Waals surface area contributed by atoms with E-state index in [1.165, 1.54) is 44.9 Å². The molecule has 1 aliphatic rings. The van der Waals surface area contributed by atoms with E-state index in [1.807, 2.05) is 0 Å². The van der Waals surface area contributed by atoms with Crippen LogP contribution in [0.1, 0.15) is 85.0 Å². The smallest absolute Gasteiger partial charge is 0.410 e. The molecule has 1 amide bonds. The van der Waals surface area contributed by atoms with E-state index in [0.717, 1.165) is 25.8 Å². The van der Waals surface area contributed by atoms with Crippen LogP contribution in [0.5, 0.6) is 0 Å². The molecule has 4 heteroatoms. The lowest BCUT2D eigenvalue weighted by Gasteiger charge is -2.17. The van der Waals surface area contributed by atoms with E-state index < -0.39 is 6.10 Å². The molecule has 0 saturated carbocycles. The van der Waals surface area contributed by atoms with Crippen molar-refractivity contribution in [1.82, 2.24) is 4.90 Å². The van der Waals surface area contributed by atoms with Crippen molar-refractivity contribution in [2.75, 3.05) is 13.1 Å². The average molecular weight is 328 g/mol. The van der Waals surface area contributed by atoms with Gasteiger partial charge in [0.05, 0.1) is 12.6 Å². The molecule has 1 N–H and O–H groups in total. The highest BCUT2D eigenvalue weighted by atomic mass is 16.6. The third-order valence-electron chi connectivity index (χ3n) is 4.67. The summed E-state index contributed by atoms with van der Waals surface area (Å²) in [6, 6.07) is 0. The molecule has 1 aliphatic heterocycles. The number of aliphatic hydroxyl groups excluding tert-OH is 1. The quantitative estimate of drug-likeness (QED) is 0.497. The van der Waals surface area contributed by atoms with Crippen LogP contribution >= 0.6 is 0 Å². The number of aliphatic hydroxyl groups is 1. The highest BCUT2D eigenvalue weighted by Gasteiger charge is 2.35. The van der Waals surface area contributed by atoms with Crippen molar-refractivity contribution in [2.45, 2.75) is 97.2 Å². The Morgan fingerprint density at radius 2 is 1.70 bits per heavy atom. The number of hydrogen-bond acceptors (Lipinski definition) is 3. The first-order valence-electron chi connectivity index (χ1n) is 9.68. The molecule has 0 radical (unpaired) electrons. The summed E-state index contributed by atoms with van der Waals surface area (Å²) in [5.74, 6) is 0.573. The second-order valence-electron chi connectivity index (χ2n) is 7.38. The molecule has 23 heavy (non-hydrogen) atoms. The van der Waals surface area contributed by atoms with Crippen LogP contribution in [-0.2, 0) is 4.74 Å². The maximum atomic E-state index is 11.8. The zero-order valence-electron chi connectivity index (χ0n) is 15.4. The van der Waals surface area contributed by atoms with Crippen molar-refractivity contribution < 1.29 is 14.6 Å². The summed E-state index contributed by atoms with van der Waals surface area (Å²) in [7, 11) is 0. The highest BCUT2D eigenvalue weighted by Crippen LogP contribution is 2.19. The maximum Gasteiger partial charge on any atom is 0.410 e. The van der Waals surface area contributed by atoms with Crippen LogP contribution in [0.4, 0.5) is 4.79 Å². The van der Waals surface area contributed by atoms with Crippen molar-refractivity contribution in [3.63, 3.8) is 0 Å². The molecule has 0 bridgehead atoms. The lowest BCUT2D eigenvalue weighted by atomic mass is 10.0. The second kappa shape index (κ2) is 11.7. The fourth-order valence-electron chi connectivity index (χ4n) is 3.00. The third kappa shape index (κ3) is 8.59. The molecule has 0 aromatic rings. The summed E-state index contributed by atoms with van der Waals surface area (Å²) in [6.07, 6.45) is 10.7. The Bertz CT molecular complexity index is 320. The summed E-state index contributed by atoms with van der Waals surface area (Å²) in [5.41, 5.74) is 0. The molecule has 0 aromatic carbocycles. The van der Waals surface area contributed by atoms with Gasteiger partial charge in [0.2, 0.25) is 0 Å². The van der Waals surface area contributed by atoms with Crippen LogP contribution in [0.25, 0.3) is 0 Å². The molecular weight excluding hydrogens is 290 g/mol. The van der Waals surface area contributed by atoms with Gasteiger partial charge in [0.1, 0.15) is 6.10 Å². The number of cyclic esters (lactones) is 1. The van der Waals surface area contributed by atoms with Gasteiger partial charge in [-0.25, -0.2) is 4.79 Å². The molecule has 4 nitrogen and oxygen atoms in total. The van der Waals surface area contributed by atoms with Crippen LogP contribution in [0, 0.1) is 5.92 Å². The van der Waals surface area contributed by atoms with Crippen molar-refractivity contribution in [3.8, 4) is 0 Å². The average Bonchev–Trinajstić information content (AvgIpc) is 2.89. The van der Waals surface area contributed by atoms with Gasteiger partial charge in [0.25, 0.3) is 0 Å². The number of amides is 1. The molecule has 1 rings (SSSR count). The minimum atomic E-state index is -0.511. The Morgan fingerprint density at radius 1 is 1.09 bits per heavy atom. The fraction of sp³-hybridized carbons (Fsp3) is 0.947. The molecule has 0 aliphatic carbocycles. The SMILES string of the molecule is CCCCCCCCCC[C@H](O)[C@@H]1CN(CCC(C)C)C(=O)O1. The lowest BCUT2D eigenvalue weighted by Crippen LogP contribution is -2.31. The molecule has 0 unspecified atom stereocenters. The summed E-state index contributed by atoms with van der Waals surface area (Å²) in [6.45, 7) is 7.81. The van der Waals surface area contributed by atoms with Gasteiger partial charge in [0, 0.05) is 6.54 Å². The van der Waals surface area contributed by atoms with Crippen molar-refractivity contribution in [3.05, 3.63) is 0 Å². The highest BCUT2D eigenvalue weighted by molar-refractivity contribution is 5.69. The van der Waals surface area contributed by atoms with E-state index in [-0.39, 0.29) is 12.2 Å². The molecule has 136 valence electrons. The van der Waals surface area contributed by atoms with Crippen LogP contribution in [0.2, 0.25) is 0 Å². The number of ether oxygens (including phenoxy) is 1. The van der Waals surface area contributed by atoms with Gasteiger partial charge in [0.15, 0.2) is 0 Å². The number of rotatable bonds is 13. The van der Waals surface area contributed by atoms with E-state index in [9.17, 15) is 9.90 Å². The Labute approximate surface area is 142 Å². The molecule has 2 atom stereocenters. The molecule has 1 saturated heterocycles. The Morgan fingerprint density at radius 3 is 2.30 bits per heavy atom. The van der Waals surface area contributed by atoms with Gasteiger partial charge in [-0.15, -0.1) is 0 Å². The maximum absolute atomic E-state index is 11.8. The molecule has 1 fully saturated rings. The topological polar surface area (TPSA) is 49.8 Å². The predicted octanol–water partition coefficient (Wildman–Crippen LogP) is 4.75. The van der Waals surface area contributed by atoms with Crippen molar-refractivity contribution in [1.29, 1.82) is 0 Å². The third-order valence-corrected chi connectivity index (χ3v) is 4.67. The first-order chi connectivity index (χ1) is 11.0. The first-order valence-corrected chi connectivity index (χ1v) is 9.68. The number of hydrogen-bond donors (Lipinski definition) is 1. The van der Waals surface area contributed by atoms with Gasteiger partial charge < -0.3 is 14.7 Å². The first kappa shape index (κ1) is 20.3. The van der Waals surface area contributed by atoms with E-state index >= 15 is 0 Å². The van der Waals surface area contributed by atoms with E-state index in [2.05, 4.69) is 20.8 Å². The van der Waals surface area contributed by atoms with E-state index in [4.69, 9.17) is 4.74 Å². The van der Waals surface area contributed by atoms with Gasteiger partial charge in [-0.05, 0) is 18.8 Å². The fourth-order valence-corrected chi connectivity index (χ4v) is 3.00. The zero-order chi connectivity index (χ0) is 17.1. The number of carbonyl (C=O) groups excluding carboxylic acids is 1. The van der Waals surface area contributed by atoms with Crippen molar-refractivity contribution in [2.24, 2.45) is 5.92 Å². The van der Waals surface area contributed by atoms with Crippen LogP contribution < -0.4 is 0 Å². The standard InChI is InChI=1S/C19H37NO3/c1-4-5-6-7-8-9-10-11-12-17(21)18-15-20(19(22)23-18)14-13-16(2)3/h16-18,21H,4-15H2,1-3H3/t17-,18-/m0/s1. The molecule has 0 aromatic heterocycles. The van der Waals surface area contributed by atoms with Crippen LogP contribution in [-0.4, -0.2) is 41.4 Å². The predicted molar refractivity (Wildman–Crippen MR) is 94.5 cm³/mol. The number of nitrogens with zero attached hydrogens (tertiary/aromatic N) is 1. The Hall–Kier alpha value is -0.770. The van der Waals surface area contributed by atoms with Gasteiger partial charge in [-0.2, -0.15) is 0 Å². The van der Waals surface area contributed by atoms with Gasteiger partial charge in [-0.3, -0.25) is 0 Å². The number of carbonyl (C=O) groups is 1. The van der Waals surface area contributed by atoms with Crippen molar-refractivity contribution >= 4 is 6.09 Å². The van der Waals surface area contributed by atoms with E-state index in [1.54, 1.807) is 4.90 Å². The van der Waals surface area contributed by atoms with Crippen LogP contribution in [0.3, 0.4) is 0 Å². The molecular formula is C19H37NO3. The largest absolute Gasteiger partial charge is 0.441 e. The molecule has 0 spiro atoms. The monoisotopic (exact) mass is 327 g/mol. The van der Waals surface area contributed by atoms with Crippen LogP contribution in [0.15, 0.2) is 0 Å². The summed E-state index contributed by atoms with van der Waals surface area (Å²) < 4.78 is 5.33. The Kier molecular flexibility index (Phi) is 10.3. The van der Waals surface area contributed by atoms with Gasteiger partial charge >= 0.3 is 6.09 Å². The van der Waals surface area contributed by atoms with Gasteiger partial charge in [-0.1, -0.05) is 72.1 Å². The number of unbranched alkanes of at least 4 members (excludes halogenated alkanes) is 7. The normalized spacial score (nSPS) is 19.4. The minimum absolute atomic E-state index is 0.259. The molecule has 1 heterocycles. The summed E-state index contributed by atoms with van der Waals surface area (Å²) in [4.78, 5) is 13.5. The second-order valence-corrected chi connectivity index (χ2v) is 7.38.